The number of nitrogens with zero attached hydrogens (tertiary/aromatic N) is 2. The molecular weight excluding hydrogens is 316 g/mol. The molecule has 0 spiro atoms. The van der Waals surface area contributed by atoms with Crippen LogP contribution in [0.2, 0.25) is 0 Å². The van der Waals surface area contributed by atoms with Gasteiger partial charge in [-0.05, 0) is 73.4 Å². The summed E-state index contributed by atoms with van der Waals surface area (Å²) >= 11 is 3.50. The van der Waals surface area contributed by atoms with Crippen molar-refractivity contribution in [2.75, 3.05) is 13.1 Å². The van der Waals surface area contributed by atoms with Gasteiger partial charge in [-0.1, -0.05) is 0 Å². The van der Waals surface area contributed by atoms with Crippen molar-refractivity contribution in [2.24, 2.45) is 11.8 Å². The summed E-state index contributed by atoms with van der Waals surface area (Å²) in [4.78, 5) is 15.0. The first-order valence-corrected chi connectivity index (χ1v) is 8.50. The maximum absolute atomic E-state index is 12.9. The van der Waals surface area contributed by atoms with Crippen molar-refractivity contribution >= 4 is 21.8 Å². The molecule has 110 valence electrons. The monoisotopic (exact) mass is 338 g/mol. The molecule has 0 aromatic carbocycles. The molecule has 2 aliphatic rings. The van der Waals surface area contributed by atoms with Gasteiger partial charge in [0, 0.05) is 29.8 Å². The third-order valence-electron chi connectivity index (χ3n) is 4.23. The molecular formula is C16H23BrN2O. The van der Waals surface area contributed by atoms with E-state index in [-0.39, 0.29) is 5.91 Å². The maximum atomic E-state index is 12.9. The Hall–Kier alpha value is -0.770. The SMILES string of the molecule is CC(C)n1cc(Br)cc1C(=O)N(CC1CC1)CC1CC1. The summed E-state index contributed by atoms with van der Waals surface area (Å²) in [6.45, 7) is 6.15. The fourth-order valence-electron chi connectivity index (χ4n) is 2.67. The molecule has 3 rings (SSSR count). The Kier molecular flexibility index (Phi) is 3.93. The molecule has 3 nitrogen and oxygen atoms in total. The van der Waals surface area contributed by atoms with E-state index in [0.29, 0.717) is 6.04 Å². The Labute approximate surface area is 129 Å². The van der Waals surface area contributed by atoms with E-state index in [1.165, 1.54) is 25.7 Å². The van der Waals surface area contributed by atoms with Crippen molar-refractivity contribution in [3.63, 3.8) is 0 Å². The Bertz CT molecular complexity index is 487. The highest BCUT2D eigenvalue weighted by Crippen LogP contribution is 2.34. The number of amides is 1. The largest absolute Gasteiger partial charge is 0.340 e. The van der Waals surface area contributed by atoms with Crippen LogP contribution in [0.15, 0.2) is 16.7 Å². The minimum Gasteiger partial charge on any atom is -0.340 e. The molecule has 0 saturated heterocycles. The van der Waals surface area contributed by atoms with Crippen LogP contribution in [0.5, 0.6) is 0 Å². The van der Waals surface area contributed by atoms with Crippen molar-refractivity contribution < 1.29 is 4.79 Å². The van der Waals surface area contributed by atoms with E-state index in [9.17, 15) is 4.79 Å². The summed E-state index contributed by atoms with van der Waals surface area (Å²) in [5, 5.41) is 0. The number of hydrogen-bond donors (Lipinski definition) is 0. The van der Waals surface area contributed by atoms with E-state index in [0.717, 1.165) is 35.1 Å². The normalized spacial score (nSPS) is 18.6. The van der Waals surface area contributed by atoms with Gasteiger partial charge in [0.15, 0.2) is 0 Å². The van der Waals surface area contributed by atoms with Crippen molar-refractivity contribution in [2.45, 2.75) is 45.6 Å². The Morgan fingerprint density at radius 2 is 1.85 bits per heavy atom. The third-order valence-corrected chi connectivity index (χ3v) is 4.66. The van der Waals surface area contributed by atoms with Crippen molar-refractivity contribution in [3.8, 4) is 0 Å². The van der Waals surface area contributed by atoms with Crippen LogP contribution in [0.1, 0.15) is 56.1 Å². The lowest BCUT2D eigenvalue weighted by molar-refractivity contribution is 0.0727. The second-order valence-electron chi connectivity index (χ2n) is 6.64. The molecule has 2 fully saturated rings. The molecule has 1 aromatic rings. The first-order chi connectivity index (χ1) is 9.54. The lowest BCUT2D eigenvalue weighted by atomic mass is 10.2. The van der Waals surface area contributed by atoms with E-state index in [1.807, 2.05) is 12.3 Å². The first-order valence-electron chi connectivity index (χ1n) is 7.71. The molecule has 0 unspecified atom stereocenters. The zero-order valence-electron chi connectivity index (χ0n) is 12.3. The summed E-state index contributed by atoms with van der Waals surface area (Å²) in [7, 11) is 0. The zero-order valence-corrected chi connectivity index (χ0v) is 13.9. The average molecular weight is 339 g/mol. The van der Waals surface area contributed by atoms with Gasteiger partial charge in [-0.25, -0.2) is 0 Å². The van der Waals surface area contributed by atoms with E-state index in [2.05, 4.69) is 39.2 Å². The molecule has 0 atom stereocenters. The second-order valence-corrected chi connectivity index (χ2v) is 7.56. The van der Waals surface area contributed by atoms with Crippen LogP contribution in [0.4, 0.5) is 0 Å². The summed E-state index contributed by atoms with van der Waals surface area (Å²) in [5.74, 6) is 1.72. The topological polar surface area (TPSA) is 25.2 Å². The molecule has 0 aliphatic heterocycles. The number of carbonyl (C=O) groups excluding carboxylic acids is 1. The van der Waals surface area contributed by atoms with Crippen LogP contribution in [0.3, 0.4) is 0 Å². The molecule has 1 aromatic heterocycles. The van der Waals surface area contributed by atoms with Crippen LogP contribution in [0, 0.1) is 11.8 Å². The molecule has 0 N–H and O–H groups in total. The van der Waals surface area contributed by atoms with Crippen LogP contribution in [-0.4, -0.2) is 28.5 Å². The van der Waals surface area contributed by atoms with Crippen molar-refractivity contribution in [1.29, 1.82) is 0 Å². The smallest absolute Gasteiger partial charge is 0.270 e. The van der Waals surface area contributed by atoms with Gasteiger partial charge in [0.1, 0.15) is 5.69 Å². The van der Waals surface area contributed by atoms with Crippen LogP contribution >= 0.6 is 15.9 Å². The Morgan fingerprint density at radius 3 is 2.30 bits per heavy atom. The molecule has 4 heteroatoms. The zero-order chi connectivity index (χ0) is 14.3. The van der Waals surface area contributed by atoms with Crippen molar-refractivity contribution in [3.05, 3.63) is 22.4 Å². The summed E-state index contributed by atoms with van der Waals surface area (Å²) in [6.07, 6.45) is 7.20. The lowest BCUT2D eigenvalue weighted by Crippen LogP contribution is -2.36. The molecule has 1 amide bonds. The number of aromatic nitrogens is 1. The Morgan fingerprint density at radius 1 is 1.30 bits per heavy atom. The van der Waals surface area contributed by atoms with E-state index < -0.39 is 0 Å². The molecule has 20 heavy (non-hydrogen) atoms. The summed E-state index contributed by atoms with van der Waals surface area (Å²) < 4.78 is 3.08. The number of carbonyl (C=O) groups is 1. The summed E-state index contributed by atoms with van der Waals surface area (Å²) in [5.41, 5.74) is 0.827. The van der Waals surface area contributed by atoms with Gasteiger partial charge in [-0.3, -0.25) is 4.79 Å². The van der Waals surface area contributed by atoms with Gasteiger partial charge >= 0.3 is 0 Å². The van der Waals surface area contributed by atoms with Gasteiger partial charge < -0.3 is 9.47 Å². The second kappa shape index (κ2) is 5.55. The lowest BCUT2D eigenvalue weighted by Gasteiger charge is -2.24. The Balaban J connectivity index is 1.79. The molecule has 2 aliphatic carbocycles. The third kappa shape index (κ3) is 3.27. The number of halogens is 1. The summed E-state index contributed by atoms with van der Waals surface area (Å²) in [6, 6.07) is 2.28. The minimum atomic E-state index is 0.211. The quantitative estimate of drug-likeness (QED) is 0.766. The van der Waals surface area contributed by atoms with Crippen LogP contribution in [-0.2, 0) is 0 Å². The van der Waals surface area contributed by atoms with Crippen molar-refractivity contribution in [1.82, 2.24) is 9.47 Å². The fraction of sp³-hybridized carbons (Fsp3) is 0.688. The standard InChI is InChI=1S/C16H23BrN2O/c1-11(2)19-10-14(17)7-15(19)16(20)18(8-12-3-4-12)9-13-5-6-13/h7,10-13H,3-6,8-9H2,1-2H3. The average Bonchev–Trinajstić information content (AvgIpc) is 3.30. The van der Waals surface area contributed by atoms with E-state index in [4.69, 9.17) is 0 Å². The number of hydrogen-bond acceptors (Lipinski definition) is 1. The molecule has 0 bridgehead atoms. The molecule has 0 radical (unpaired) electrons. The van der Waals surface area contributed by atoms with Crippen LogP contribution in [0.25, 0.3) is 0 Å². The van der Waals surface area contributed by atoms with Gasteiger partial charge in [0.25, 0.3) is 5.91 Å². The highest BCUT2D eigenvalue weighted by molar-refractivity contribution is 9.10. The van der Waals surface area contributed by atoms with Crippen LogP contribution < -0.4 is 0 Å². The van der Waals surface area contributed by atoms with Gasteiger partial charge in [-0.15, -0.1) is 0 Å². The maximum Gasteiger partial charge on any atom is 0.270 e. The van der Waals surface area contributed by atoms with E-state index in [1.54, 1.807) is 0 Å². The van der Waals surface area contributed by atoms with Gasteiger partial charge in [-0.2, -0.15) is 0 Å². The number of rotatable bonds is 6. The molecule has 2 saturated carbocycles. The first kappa shape index (κ1) is 14.2. The van der Waals surface area contributed by atoms with E-state index >= 15 is 0 Å². The van der Waals surface area contributed by atoms with Gasteiger partial charge in [0.05, 0.1) is 0 Å². The highest BCUT2D eigenvalue weighted by Gasteiger charge is 2.32. The predicted octanol–water partition coefficient (Wildman–Crippen LogP) is 4.09. The molecule has 1 heterocycles. The van der Waals surface area contributed by atoms with Gasteiger partial charge in [0.2, 0.25) is 0 Å². The minimum absolute atomic E-state index is 0.211. The predicted molar refractivity (Wildman–Crippen MR) is 83.9 cm³/mol. The highest BCUT2D eigenvalue weighted by atomic mass is 79.9. The fourth-order valence-corrected chi connectivity index (χ4v) is 3.11.